The van der Waals surface area contributed by atoms with Crippen LogP contribution in [0.1, 0.15) is 12.5 Å². The number of benzene rings is 2. The first kappa shape index (κ1) is 20.7. The van der Waals surface area contributed by atoms with Crippen molar-refractivity contribution in [3.8, 4) is 11.5 Å². The lowest BCUT2D eigenvalue weighted by Crippen LogP contribution is -2.55. The van der Waals surface area contributed by atoms with Gasteiger partial charge in [0.05, 0.1) is 6.42 Å². The number of ether oxygens (including phenoxy) is 2. The molecule has 0 aromatic heterocycles. The molecule has 3 amide bonds. The van der Waals surface area contributed by atoms with Crippen molar-refractivity contribution < 1.29 is 23.9 Å². The molecule has 4 rings (SSSR count). The van der Waals surface area contributed by atoms with Gasteiger partial charge in [-0.05, 0) is 29.8 Å². The zero-order chi connectivity index (χ0) is 21.8. The van der Waals surface area contributed by atoms with Crippen LogP contribution in [0.5, 0.6) is 11.5 Å². The van der Waals surface area contributed by atoms with Crippen molar-refractivity contribution in [2.24, 2.45) is 0 Å². The molecule has 2 aromatic carbocycles. The minimum Gasteiger partial charge on any atom is -0.485 e. The zero-order valence-electron chi connectivity index (χ0n) is 17.4. The van der Waals surface area contributed by atoms with Crippen molar-refractivity contribution in [1.29, 1.82) is 0 Å². The summed E-state index contributed by atoms with van der Waals surface area (Å²) >= 11 is 0. The van der Waals surface area contributed by atoms with Crippen molar-refractivity contribution in [2.75, 3.05) is 38.1 Å². The molecule has 2 aliphatic heterocycles. The Bertz CT molecular complexity index is 967. The number of amides is 3. The molecule has 31 heavy (non-hydrogen) atoms. The van der Waals surface area contributed by atoms with Gasteiger partial charge in [0.15, 0.2) is 11.5 Å². The second-order valence-electron chi connectivity index (χ2n) is 7.63. The summed E-state index contributed by atoms with van der Waals surface area (Å²) in [5.74, 6) is 0.990. The maximum Gasteiger partial charge on any atom is 0.267 e. The largest absolute Gasteiger partial charge is 0.485 e. The maximum absolute atomic E-state index is 12.8. The SMILES string of the molecule is CC(=O)Nc1ccc(CC(=O)N2CCN(C(=O)C3COc4ccccc4O3)CC2)cc1. The molecule has 2 aromatic rings. The number of carbonyl (C=O) groups excluding carboxylic acids is 3. The first-order valence-corrected chi connectivity index (χ1v) is 10.3. The highest BCUT2D eigenvalue weighted by Crippen LogP contribution is 2.31. The molecule has 0 saturated carbocycles. The Kier molecular flexibility index (Phi) is 6.06. The Labute approximate surface area is 180 Å². The number of nitrogens with one attached hydrogen (secondary N) is 1. The molecule has 0 spiro atoms. The van der Waals surface area contributed by atoms with E-state index in [2.05, 4.69) is 5.32 Å². The molecule has 1 atom stereocenters. The summed E-state index contributed by atoms with van der Waals surface area (Å²) < 4.78 is 11.5. The van der Waals surface area contributed by atoms with E-state index in [1.54, 1.807) is 28.0 Å². The molecule has 1 unspecified atom stereocenters. The van der Waals surface area contributed by atoms with E-state index in [1.807, 2.05) is 30.3 Å². The number of para-hydroxylation sites is 2. The van der Waals surface area contributed by atoms with Crippen molar-refractivity contribution >= 4 is 23.4 Å². The summed E-state index contributed by atoms with van der Waals surface area (Å²) in [4.78, 5) is 40.1. The van der Waals surface area contributed by atoms with Crippen molar-refractivity contribution in [3.63, 3.8) is 0 Å². The third-order valence-electron chi connectivity index (χ3n) is 5.36. The van der Waals surface area contributed by atoms with E-state index in [1.165, 1.54) is 6.92 Å². The summed E-state index contributed by atoms with van der Waals surface area (Å²) in [6, 6.07) is 14.5. The third kappa shape index (κ3) is 4.96. The Morgan fingerprint density at radius 2 is 1.58 bits per heavy atom. The average molecular weight is 423 g/mol. The molecule has 2 aliphatic rings. The van der Waals surface area contributed by atoms with Gasteiger partial charge in [0.1, 0.15) is 6.61 Å². The molecule has 0 radical (unpaired) electrons. The molecule has 8 nitrogen and oxygen atoms in total. The van der Waals surface area contributed by atoms with Gasteiger partial charge in [-0.2, -0.15) is 0 Å². The molecule has 1 saturated heterocycles. The van der Waals surface area contributed by atoms with Crippen molar-refractivity contribution in [1.82, 2.24) is 9.80 Å². The van der Waals surface area contributed by atoms with Gasteiger partial charge < -0.3 is 24.6 Å². The van der Waals surface area contributed by atoms with E-state index in [0.717, 1.165) is 5.56 Å². The van der Waals surface area contributed by atoms with Crippen molar-refractivity contribution in [2.45, 2.75) is 19.4 Å². The maximum atomic E-state index is 12.8. The quantitative estimate of drug-likeness (QED) is 0.809. The van der Waals surface area contributed by atoms with Gasteiger partial charge in [0.25, 0.3) is 5.91 Å². The van der Waals surface area contributed by atoms with Crippen LogP contribution in [-0.4, -0.2) is 66.4 Å². The van der Waals surface area contributed by atoms with Crippen LogP contribution in [0.3, 0.4) is 0 Å². The minimum atomic E-state index is -0.667. The summed E-state index contributed by atoms with van der Waals surface area (Å²) in [5.41, 5.74) is 1.58. The lowest BCUT2D eigenvalue weighted by atomic mass is 10.1. The summed E-state index contributed by atoms with van der Waals surface area (Å²) in [6.45, 7) is 3.54. The van der Waals surface area contributed by atoms with E-state index in [4.69, 9.17) is 9.47 Å². The van der Waals surface area contributed by atoms with Gasteiger partial charge in [0, 0.05) is 38.8 Å². The molecule has 162 valence electrons. The summed E-state index contributed by atoms with van der Waals surface area (Å²) in [7, 11) is 0. The average Bonchev–Trinajstić information content (AvgIpc) is 2.79. The lowest BCUT2D eigenvalue weighted by molar-refractivity contribution is -0.146. The van der Waals surface area contributed by atoms with E-state index in [0.29, 0.717) is 43.4 Å². The number of anilines is 1. The second-order valence-corrected chi connectivity index (χ2v) is 7.63. The standard InChI is InChI=1S/C23H25N3O5/c1-16(27)24-18-8-6-17(7-9-18)14-22(28)25-10-12-26(13-11-25)23(29)21-15-30-19-4-2-3-5-20(19)31-21/h2-9,21H,10-15H2,1H3,(H,24,27). The summed E-state index contributed by atoms with van der Waals surface area (Å²) in [6.07, 6.45) is -0.385. The number of fused-ring (bicyclic) bond motifs is 1. The van der Waals surface area contributed by atoms with Crippen LogP contribution in [0.15, 0.2) is 48.5 Å². The smallest absolute Gasteiger partial charge is 0.267 e. The summed E-state index contributed by atoms with van der Waals surface area (Å²) in [5, 5.41) is 2.71. The van der Waals surface area contributed by atoms with Crippen LogP contribution in [0, 0.1) is 0 Å². The Morgan fingerprint density at radius 1 is 0.935 bits per heavy atom. The van der Waals surface area contributed by atoms with Gasteiger partial charge in [-0.3, -0.25) is 14.4 Å². The van der Waals surface area contributed by atoms with Crippen LogP contribution in [0.2, 0.25) is 0 Å². The van der Waals surface area contributed by atoms with Crippen LogP contribution in [-0.2, 0) is 20.8 Å². The zero-order valence-corrected chi connectivity index (χ0v) is 17.4. The Morgan fingerprint density at radius 3 is 2.26 bits per heavy atom. The molecule has 0 aliphatic carbocycles. The Hall–Kier alpha value is -3.55. The number of hydrogen-bond acceptors (Lipinski definition) is 5. The first-order valence-electron chi connectivity index (χ1n) is 10.3. The van der Waals surface area contributed by atoms with Gasteiger partial charge in [-0.15, -0.1) is 0 Å². The highest BCUT2D eigenvalue weighted by atomic mass is 16.6. The van der Waals surface area contributed by atoms with Crippen LogP contribution in [0.25, 0.3) is 0 Å². The fourth-order valence-corrected chi connectivity index (χ4v) is 3.72. The van der Waals surface area contributed by atoms with E-state index in [9.17, 15) is 14.4 Å². The molecule has 2 heterocycles. The first-order chi connectivity index (χ1) is 15.0. The van der Waals surface area contributed by atoms with Gasteiger partial charge in [0.2, 0.25) is 17.9 Å². The topological polar surface area (TPSA) is 88.2 Å². The number of carbonyl (C=O) groups is 3. The van der Waals surface area contributed by atoms with E-state index in [-0.39, 0.29) is 30.7 Å². The number of hydrogen-bond donors (Lipinski definition) is 1. The monoisotopic (exact) mass is 423 g/mol. The van der Waals surface area contributed by atoms with Gasteiger partial charge >= 0.3 is 0 Å². The normalized spacial score (nSPS) is 17.8. The molecule has 1 fully saturated rings. The predicted octanol–water partition coefficient (Wildman–Crippen LogP) is 1.70. The van der Waals surface area contributed by atoms with Gasteiger partial charge in [-0.25, -0.2) is 0 Å². The molecular weight excluding hydrogens is 398 g/mol. The molecule has 1 N–H and O–H groups in total. The fraction of sp³-hybridized carbons (Fsp3) is 0.348. The van der Waals surface area contributed by atoms with E-state index >= 15 is 0 Å². The predicted molar refractivity (Wildman–Crippen MR) is 114 cm³/mol. The lowest BCUT2D eigenvalue weighted by Gasteiger charge is -2.37. The van der Waals surface area contributed by atoms with Crippen LogP contribution < -0.4 is 14.8 Å². The number of rotatable bonds is 4. The fourth-order valence-electron chi connectivity index (χ4n) is 3.72. The molecule has 8 heteroatoms. The van der Waals surface area contributed by atoms with Crippen molar-refractivity contribution in [3.05, 3.63) is 54.1 Å². The molecular formula is C23H25N3O5. The Balaban J connectivity index is 1.27. The van der Waals surface area contributed by atoms with Crippen LogP contribution >= 0.6 is 0 Å². The highest BCUT2D eigenvalue weighted by Gasteiger charge is 2.33. The second kappa shape index (κ2) is 9.07. The third-order valence-corrected chi connectivity index (χ3v) is 5.36. The number of nitrogens with zero attached hydrogens (tertiary/aromatic N) is 2. The highest BCUT2D eigenvalue weighted by molar-refractivity contribution is 5.88. The minimum absolute atomic E-state index is 0.0190. The van der Waals surface area contributed by atoms with E-state index < -0.39 is 6.10 Å². The van der Waals surface area contributed by atoms with Gasteiger partial charge in [-0.1, -0.05) is 24.3 Å². The van der Waals surface area contributed by atoms with Crippen LogP contribution in [0.4, 0.5) is 5.69 Å². The molecule has 0 bridgehead atoms. The number of piperazine rings is 1.